The van der Waals surface area contributed by atoms with Crippen molar-refractivity contribution in [2.45, 2.75) is 19.3 Å². The highest BCUT2D eigenvalue weighted by atomic mass is 16.5. The van der Waals surface area contributed by atoms with E-state index in [1.54, 1.807) is 12.1 Å². The quantitative estimate of drug-likeness (QED) is 0.464. The molecule has 0 spiro atoms. The molecule has 0 radical (unpaired) electrons. The number of phenols is 1. The van der Waals surface area contributed by atoms with Crippen LogP contribution in [0, 0.1) is 0 Å². The molecule has 7 nitrogen and oxygen atoms in total. The van der Waals surface area contributed by atoms with Gasteiger partial charge in [0.05, 0.1) is 19.9 Å². The van der Waals surface area contributed by atoms with Crippen LogP contribution in [-0.2, 0) is 6.42 Å². The number of methoxy groups -OCH3 is 2. The third-order valence-electron chi connectivity index (χ3n) is 5.02. The molecule has 0 unspecified atom stereocenters. The number of aromatic nitrogens is 2. The number of nitrogens with zero attached hydrogens (tertiary/aromatic N) is 2. The van der Waals surface area contributed by atoms with E-state index >= 15 is 0 Å². The van der Waals surface area contributed by atoms with Crippen molar-refractivity contribution < 1.29 is 19.7 Å². The number of imidazole rings is 1. The average Bonchev–Trinajstić information content (AvgIpc) is 3.18. The van der Waals surface area contributed by atoms with Crippen molar-refractivity contribution in [3.63, 3.8) is 0 Å². The number of hydrogen-bond acceptors (Lipinski definition) is 6. The first-order chi connectivity index (χ1) is 14.5. The van der Waals surface area contributed by atoms with E-state index in [1.807, 2.05) is 14.1 Å². The second-order valence-electron chi connectivity index (χ2n) is 7.26. The van der Waals surface area contributed by atoms with Crippen molar-refractivity contribution in [3.8, 4) is 39.9 Å². The summed E-state index contributed by atoms with van der Waals surface area (Å²) in [6.07, 6.45) is 2.35. The van der Waals surface area contributed by atoms with Crippen molar-refractivity contribution in [2.24, 2.45) is 0 Å². The molecule has 3 rings (SSSR count). The van der Waals surface area contributed by atoms with Crippen molar-refractivity contribution in [3.05, 3.63) is 42.1 Å². The number of H-pyrrole nitrogens is 1. The van der Waals surface area contributed by atoms with E-state index in [0.717, 1.165) is 47.5 Å². The minimum atomic E-state index is -0.0435. The van der Waals surface area contributed by atoms with Gasteiger partial charge in [-0.3, -0.25) is 0 Å². The fourth-order valence-corrected chi connectivity index (χ4v) is 3.33. The fourth-order valence-electron chi connectivity index (χ4n) is 3.33. The normalized spacial score (nSPS) is 10.8. The summed E-state index contributed by atoms with van der Waals surface area (Å²) in [5.41, 5.74) is 4.76. The summed E-state index contributed by atoms with van der Waals surface area (Å²) >= 11 is 0. The van der Waals surface area contributed by atoms with E-state index in [0.29, 0.717) is 17.3 Å². The smallest absolute Gasteiger partial charge is 0.200 e. The Morgan fingerprint density at radius 3 is 2.13 bits per heavy atom. The summed E-state index contributed by atoms with van der Waals surface area (Å²) in [5.74, 6) is 1.26. The zero-order chi connectivity index (χ0) is 21.7. The molecule has 7 heteroatoms. The maximum absolute atomic E-state index is 10.2. The molecule has 1 heterocycles. The van der Waals surface area contributed by atoms with Crippen LogP contribution in [0.2, 0.25) is 0 Å². The van der Waals surface area contributed by atoms with Gasteiger partial charge in [0.15, 0.2) is 11.5 Å². The standard InChI is InChI=1S/C23H29N3O4/c1-26(2)17-10-8-15(9-11-17)21-18(7-5-6-12-27)24-23(25-21)16-13-19(29-3)22(28)20(14-16)30-4/h8-11,13-14,27-28H,5-7,12H2,1-4H3,(H,24,25). The van der Waals surface area contributed by atoms with Crippen LogP contribution in [0.4, 0.5) is 5.69 Å². The van der Waals surface area contributed by atoms with Gasteiger partial charge in [-0.25, -0.2) is 4.98 Å². The Morgan fingerprint density at radius 2 is 1.60 bits per heavy atom. The summed E-state index contributed by atoms with van der Waals surface area (Å²) in [5, 5.41) is 19.4. The van der Waals surface area contributed by atoms with Gasteiger partial charge in [0.1, 0.15) is 5.82 Å². The lowest BCUT2D eigenvalue weighted by Crippen LogP contribution is -2.07. The Balaban J connectivity index is 2.05. The van der Waals surface area contributed by atoms with E-state index in [9.17, 15) is 5.11 Å². The van der Waals surface area contributed by atoms with Gasteiger partial charge in [0, 0.05) is 43.2 Å². The zero-order valence-corrected chi connectivity index (χ0v) is 17.9. The van der Waals surface area contributed by atoms with Crippen LogP contribution in [0.5, 0.6) is 17.2 Å². The second kappa shape index (κ2) is 9.54. The first-order valence-corrected chi connectivity index (χ1v) is 9.91. The monoisotopic (exact) mass is 411 g/mol. The Morgan fingerprint density at radius 1 is 0.967 bits per heavy atom. The van der Waals surface area contributed by atoms with Gasteiger partial charge < -0.3 is 29.6 Å². The molecule has 0 saturated carbocycles. The Bertz CT molecular complexity index is 956. The molecule has 0 aliphatic heterocycles. The zero-order valence-electron chi connectivity index (χ0n) is 17.9. The highest BCUT2D eigenvalue weighted by Gasteiger charge is 2.18. The van der Waals surface area contributed by atoms with Gasteiger partial charge in [-0.2, -0.15) is 0 Å². The summed E-state index contributed by atoms with van der Waals surface area (Å²) < 4.78 is 10.6. The number of rotatable bonds is 9. The molecule has 0 atom stereocenters. The van der Waals surface area contributed by atoms with Crippen LogP contribution in [-0.4, -0.2) is 55.1 Å². The molecule has 1 aromatic heterocycles. The number of aliphatic hydroxyl groups is 1. The minimum absolute atomic E-state index is 0.0435. The van der Waals surface area contributed by atoms with Crippen LogP contribution in [0.15, 0.2) is 36.4 Å². The lowest BCUT2D eigenvalue weighted by atomic mass is 10.1. The van der Waals surface area contributed by atoms with Gasteiger partial charge in [-0.05, 0) is 43.5 Å². The van der Waals surface area contributed by atoms with Crippen LogP contribution < -0.4 is 14.4 Å². The molecule has 3 aromatic rings. The SMILES string of the molecule is COc1cc(-c2nc(-c3ccc(N(C)C)cc3)c(CCCCO)[nH]2)cc(OC)c1O. The van der Waals surface area contributed by atoms with Gasteiger partial charge >= 0.3 is 0 Å². The number of aromatic amines is 1. The number of aromatic hydroxyl groups is 1. The highest BCUT2D eigenvalue weighted by Crippen LogP contribution is 2.40. The van der Waals surface area contributed by atoms with E-state index in [-0.39, 0.29) is 12.4 Å². The van der Waals surface area contributed by atoms with Crippen molar-refractivity contribution in [1.82, 2.24) is 9.97 Å². The number of aryl methyl sites for hydroxylation is 1. The Hall–Kier alpha value is -3.19. The molecule has 3 N–H and O–H groups in total. The van der Waals surface area contributed by atoms with Crippen LogP contribution in [0.25, 0.3) is 22.6 Å². The Kier molecular flexibility index (Phi) is 6.84. The maximum atomic E-state index is 10.2. The third kappa shape index (κ3) is 4.52. The van der Waals surface area contributed by atoms with Crippen LogP contribution in [0.1, 0.15) is 18.5 Å². The van der Waals surface area contributed by atoms with Gasteiger partial charge in [-0.1, -0.05) is 12.1 Å². The maximum Gasteiger partial charge on any atom is 0.200 e. The number of anilines is 1. The summed E-state index contributed by atoms with van der Waals surface area (Å²) in [6.45, 7) is 0.167. The number of aliphatic hydroxyl groups excluding tert-OH is 1. The molecule has 0 saturated heterocycles. The first kappa shape index (κ1) is 21.5. The second-order valence-corrected chi connectivity index (χ2v) is 7.26. The minimum Gasteiger partial charge on any atom is -0.502 e. The molecule has 2 aromatic carbocycles. The third-order valence-corrected chi connectivity index (χ3v) is 5.02. The predicted molar refractivity (Wildman–Crippen MR) is 119 cm³/mol. The van der Waals surface area contributed by atoms with E-state index in [4.69, 9.17) is 19.6 Å². The van der Waals surface area contributed by atoms with Gasteiger partial charge in [0.2, 0.25) is 5.75 Å². The molecular weight excluding hydrogens is 382 g/mol. The molecule has 0 amide bonds. The largest absolute Gasteiger partial charge is 0.502 e. The molecule has 30 heavy (non-hydrogen) atoms. The van der Waals surface area contributed by atoms with E-state index in [1.165, 1.54) is 14.2 Å². The van der Waals surface area contributed by atoms with Crippen LogP contribution >= 0.6 is 0 Å². The number of phenolic OH excluding ortho intramolecular Hbond substituents is 1. The lowest BCUT2D eigenvalue weighted by Gasteiger charge is -2.12. The molecule has 0 aliphatic carbocycles. The van der Waals surface area contributed by atoms with Crippen LogP contribution in [0.3, 0.4) is 0 Å². The van der Waals surface area contributed by atoms with E-state index < -0.39 is 0 Å². The molecule has 0 bridgehead atoms. The first-order valence-electron chi connectivity index (χ1n) is 9.91. The predicted octanol–water partition coefficient (Wildman–Crippen LogP) is 3.85. The summed E-state index contributed by atoms with van der Waals surface area (Å²) in [7, 11) is 7.01. The molecule has 0 fully saturated rings. The Labute approximate surface area is 176 Å². The number of nitrogens with one attached hydrogen (secondary N) is 1. The lowest BCUT2D eigenvalue weighted by molar-refractivity contribution is 0.284. The number of ether oxygens (including phenoxy) is 2. The van der Waals surface area contributed by atoms with Gasteiger partial charge in [-0.15, -0.1) is 0 Å². The fraction of sp³-hybridized carbons (Fsp3) is 0.348. The summed E-state index contributed by atoms with van der Waals surface area (Å²) in [4.78, 5) is 10.3. The average molecular weight is 412 g/mol. The number of hydrogen-bond donors (Lipinski definition) is 3. The number of unbranched alkanes of at least 4 members (excludes halogenated alkanes) is 1. The molecule has 160 valence electrons. The molecular formula is C23H29N3O4. The molecule has 0 aliphatic rings. The van der Waals surface area contributed by atoms with Gasteiger partial charge in [0.25, 0.3) is 0 Å². The van der Waals surface area contributed by atoms with Crippen molar-refractivity contribution in [1.29, 1.82) is 0 Å². The topological polar surface area (TPSA) is 90.8 Å². The number of benzene rings is 2. The van der Waals surface area contributed by atoms with Crippen molar-refractivity contribution >= 4 is 5.69 Å². The van der Waals surface area contributed by atoms with Crippen molar-refractivity contribution in [2.75, 3.05) is 39.8 Å². The van der Waals surface area contributed by atoms with E-state index in [2.05, 4.69) is 34.1 Å². The summed E-state index contributed by atoms with van der Waals surface area (Å²) in [6, 6.07) is 11.7. The highest BCUT2D eigenvalue weighted by molar-refractivity contribution is 5.72.